The monoisotopic (exact) mass is 482 g/mol. The lowest BCUT2D eigenvalue weighted by Crippen LogP contribution is -2.56. The van der Waals surface area contributed by atoms with E-state index in [4.69, 9.17) is 9.98 Å². The lowest BCUT2D eigenvalue weighted by Gasteiger charge is -2.50. The number of aliphatic imine (C=N–C) groups is 1. The number of hydrogen-bond acceptors (Lipinski definition) is 6. The van der Waals surface area contributed by atoms with Gasteiger partial charge in [0.2, 0.25) is 5.91 Å². The summed E-state index contributed by atoms with van der Waals surface area (Å²) in [6.07, 6.45) is 8.13. The van der Waals surface area contributed by atoms with Crippen LogP contribution in [0.25, 0.3) is 0 Å². The van der Waals surface area contributed by atoms with Crippen molar-refractivity contribution in [3.8, 4) is 0 Å². The Labute approximate surface area is 207 Å². The first kappa shape index (κ1) is 25.4. The molecule has 4 rings (SSSR count). The van der Waals surface area contributed by atoms with Gasteiger partial charge in [-0.05, 0) is 88.8 Å². The molecule has 3 atom stereocenters. The maximum atomic E-state index is 13.3. The Kier molecular flexibility index (Phi) is 7.59. The molecule has 8 heteroatoms. The van der Waals surface area contributed by atoms with Crippen LogP contribution in [0.2, 0.25) is 0 Å². The van der Waals surface area contributed by atoms with Gasteiger partial charge in [-0.3, -0.25) is 9.79 Å². The molecule has 190 valence electrons. The zero-order valence-electron chi connectivity index (χ0n) is 21.0. The molecule has 35 heavy (non-hydrogen) atoms. The number of nitrogens with zero attached hydrogens (tertiary/aromatic N) is 2. The molecule has 0 saturated heterocycles. The van der Waals surface area contributed by atoms with Crippen LogP contribution in [0, 0.1) is 17.8 Å². The number of fused-ring (bicyclic) bond motifs is 1. The van der Waals surface area contributed by atoms with Crippen LogP contribution in [0.15, 0.2) is 28.8 Å². The van der Waals surface area contributed by atoms with Gasteiger partial charge in [-0.2, -0.15) is 0 Å². The number of nitrogens with one attached hydrogen (secondary N) is 2. The standard InChI is InChI=1S/C27H38N4O4/c1-16-13-17(2)31-27(3,23(16)25(33)30-22(10-12-32)26(34)35)20-14-18(15-20)6-8-21-9-7-19-5-4-11-28-24(19)29-21/h7,9,13,18,20,22-23,32H,4-6,8,10-12,14-15H2,1-3H3,(H,28,29)(H,30,33)(H,34,35)/t18?,20?,22-,23?,27?/m0/s1. The summed E-state index contributed by atoms with van der Waals surface area (Å²) < 4.78 is 0. The van der Waals surface area contributed by atoms with Crippen molar-refractivity contribution >= 4 is 23.4 Å². The van der Waals surface area contributed by atoms with E-state index in [0.29, 0.717) is 5.92 Å². The predicted octanol–water partition coefficient (Wildman–Crippen LogP) is 3.15. The minimum Gasteiger partial charge on any atom is -0.480 e. The Morgan fingerprint density at radius 2 is 2.06 bits per heavy atom. The first-order valence-electron chi connectivity index (χ1n) is 12.8. The maximum absolute atomic E-state index is 13.3. The summed E-state index contributed by atoms with van der Waals surface area (Å²) >= 11 is 0. The summed E-state index contributed by atoms with van der Waals surface area (Å²) in [7, 11) is 0. The summed E-state index contributed by atoms with van der Waals surface area (Å²) in [5, 5.41) is 24.7. The molecule has 1 aliphatic carbocycles. The number of dihydropyridines is 1. The van der Waals surface area contributed by atoms with Crippen LogP contribution >= 0.6 is 0 Å². The van der Waals surface area contributed by atoms with Gasteiger partial charge in [-0.15, -0.1) is 0 Å². The van der Waals surface area contributed by atoms with Gasteiger partial charge in [0.15, 0.2) is 0 Å². The number of aliphatic hydroxyl groups is 1. The van der Waals surface area contributed by atoms with Crippen molar-refractivity contribution in [3.05, 3.63) is 35.0 Å². The molecule has 1 amide bonds. The van der Waals surface area contributed by atoms with E-state index in [2.05, 4.69) is 22.8 Å². The largest absolute Gasteiger partial charge is 0.480 e. The number of rotatable bonds is 9. The number of aryl methyl sites for hydroxylation is 2. The topological polar surface area (TPSA) is 124 Å². The van der Waals surface area contributed by atoms with Crippen LogP contribution in [0.1, 0.15) is 64.1 Å². The molecule has 3 heterocycles. The zero-order chi connectivity index (χ0) is 25.2. The van der Waals surface area contributed by atoms with Crippen molar-refractivity contribution in [2.75, 3.05) is 18.5 Å². The van der Waals surface area contributed by atoms with Crippen molar-refractivity contribution in [2.45, 2.75) is 77.3 Å². The van der Waals surface area contributed by atoms with Crippen LogP contribution in [0.3, 0.4) is 0 Å². The van der Waals surface area contributed by atoms with E-state index in [9.17, 15) is 19.8 Å². The minimum atomic E-state index is -1.14. The van der Waals surface area contributed by atoms with E-state index in [1.807, 2.05) is 26.8 Å². The second-order valence-electron chi connectivity index (χ2n) is 10.6. The third kappa shape index (κ3) is 5.42. The number of hydrogen-bond donors (Lipinski definition) is 4. The van der Waals surface area contributed by atoms with Crippen LogP contribution in [-0.2, 0) is 22.4 Å². The number of amides is 1. The first-order chi connectivity index (χ1) is 16.7. The molecule has 3 aliphatic rings. The highest BCUT2D eigenvalue weighted by molar-refractivity contribution is 5.98. The molecule has 2 unspecified atom stereocenters. The third-order valence-corrected chi connectivity index (χ3v) is 8.01. The average molecular weight is 483 g/mol. The lowest BCUT2D eigenvalue weighted by molar-refractivity contribution is -0.143. The number of allylic oxidation sites excluding steroid dienone is 1. The van der Waals surface area contributed by atoms with Crippen LogP contribution in [0.5, 0.6) is 0 Å². The number of carbonyl (C=O) groups is 2. The number of aliphatic hydroxyl groups excluding tert-OH is 1. The number of carbonyl (C=O) groups excluding carboxylic acids is 1. The van der Waals surface area contributed by atoms with Crippen molar-refractivity contribution in [1.29, 1.82) is 0 Å². The Morgan fingerprint density at radius 3 is 2.77 bits per heavy atom. The number of aliphatic carboxylic acids is 1. The normalized spacial score (nSPS) is 28.5. The van der Waals surface area contributed by atoms with Crippen molar-refractivity contribution in [3.63, 3.8) is 0 Å². The van der Waals surface area contributed by atoms with Gasteiger partial charge in [0.1, 0.15) is 11.9 Å². The summed E-state index contributed by atoms with van der Waals surface area (Å²) in [5.41, 5.74) is 3.62. The Hall–Kier alpha value is -2.74. The van der Waals surface area contributed by atoms with Gasteiger partial charge in [-0.1, -0.05) is 11.6 Å². The summed E-state index contributed by atoms with van der Waals surface area (Å²) in [5.74, 6) is -0.133. The average Bonchev–Trinajstić information content (AvgIpc) is 2.76. The smallest absolute Gasteiger partial charge is 0.326 e. The predicted molar refractivity (Wildman–Crippen MR) is 136 cm³/mol. The summed E-state index contributed by atoms with van der Waals surface area (Å²) in [6, 6.07) is 3.25. The lowest BCUT2D eigenvalue weighted by atomic mass is 9.58. The Bertz CT molecular complexity index is 1030. The van der Waals surface area contributed by atoms with Gasteiger partial charge in [0.25, 0.3) is 0 Å². The van der Waals surface area contributed by atoms with E-state index in [0.717, 1.165) is 67.9 Å². The van der Waals surface area contributed by atoms with Crippen molar-refractivity contribution < 1.29 is 19.8 Å². The van der Waals surface area contributed by atoms with Crippen LogP contribution < -0.4 is 10.6 Å². The third-order valence-electron chi connectivity index (χ3n) is 8.01. The summed E-state index contributed by atoms with van der Waals surface area (Å²) in [6.45, 7) is 6.60. The van der Waals surface area contributed by atoms with E-state index in [-0.39, 0.29) is 24.9 Å². The van der Waals surface area contributed by atoms with Gasteiger partial charge >= 0.3 is 5.97 Å². The molecule has 0 aromatic carbocycles. The highest BCUT2D eigenvalue weighted by Crippen LogP contribution is 2.50. The van der Waals surface area contributed by atoms with Gasteiger partial charge in [-0.25, -0.2) is 9.78 Å². The van der Waals surface area contributed by atoms with Gasteiger partial charge in [0, 0.05) is 31.0 Å². The van der Waals surface area contributed by atoms with Crippen LogP contribution in [-0.4, -0.2) is 57.5 Å². The molecule has 1 aromatic rings. The second-order valence-corrected chi connectivity index (χ2v) is 10.6. The number of aromatic nitrogens is 1. The van der Waals surface area contributed by atoms with E-state index >= 15 is 0 Å². The Morgan fingerprint density at radius 1 is 1.29 bits per heavy atom. The fraction of sp³-hybridized carbons (Fsp3) is 0.630. The highest BCUT2D eigenvalue weighted by Gasteiger charge is 2.51. The molecule has 0 spiro atoms. The quantitative estimate of drug-likeness (QED) is 0.429. The number of carboxylic acid groups (broad SMARTS) is 1. The van der Waals surface area contributed by atoms with E-state index in [1.54, 1.807) is 0 Å². The molecular weight excluding hydrogens is 444 g/mol. The minimum absolute atomic E-state index is 0.0205. The van der Waals surface area contributed by atoms with Crippen LogP contribution in [0.4, 0.5) is 5.82 Å². The SMILES string of the molecule is CC1=CC(C)=NC(C)(C2CC(CCc3ccc4c(n3)NCCC4)C2)C1C(=O)N[C@@H](CCO)C(=O)O. The maximum Gasteiger partial charge on any atom is 0.326 e. The fourth-order valence-electron chi connectivity index (χ4n) is 6.10. The summed E-state index contributed by atoms with van der Waals surface area (Å²) in [4.78, 5) is 34.6. The fourth-order valence-corrected chi connectivity index (χ4v) is 6.10. The van der Waals surface area contributed by atoms with Crippen molar-refractivity contribution in [2.24, 2.45) is 22.7 Å². The molecule has 4 N–H and O–H groups in total. The van der Waals surface area contributed by atoms with Gasteiger partial charge < -0.3 is 20.8 Å². The molecule has 0 bridgehead atoms. The highest BCUT2D eigenvalue weighted by atomic mass is 16.4. The molecular formula is C27H38N4O4. The molecule has 1 saturated carbocycles. The first-order valence-corrected chi connectivity index (χ1v) is 12.8. The number of pyridine rings is 1. The number of carboxylic acids is 1. The van der Waals surface area contributed by atoms with E-state index in [1.165, 1.54) is 5.56 Å². The molecule has 0 radical (unpaired) electrons. The van der Waals surface area contributed by atoms with Crippen molar-refractivity contribution in [1.82, 2.24) is 10.3 Å². The zero-order valence-corrected chi connectivity index (χ0v) is 21.0. The Balaban J connectivity index is 1.39. The number of anilines is 1. The second kappa shape index (κ2) is 10.5. The van der Waals surface area contributed by atoms with E-state index < -0.39 is 23.5 Å². The molecule has 8 nitrogen and oxygen atoms in total. The molecule has 1 aromatic heterocycles. The molecule has 2 aliphatic heterocycles. The van der Waals surface area contributed by atoms with Gasteiger partial charge in [0.05, 0.1) is 11.5 Å². The molecule has 1 fully saturated rings.